The highest BCUT2D eigenvalue weighted by Gasteiger charge is 2.26. The van der Waals surface area contributed by atoms with Crippen LogP contribution in [0.1, 0.15) is 30.3 Å². The number of nitrogens with one attached hydrogen (secondary N) is 1. The molecule has 0 aliphatic rings. The van der Waals surface area contributed by atoms with Crippen molar-refractivity contribution in [3.05, 3.63) is 16.5 Å². The molecule has 1 atom stereocenters. The fourth-order valence-corrected chi connectivity index (χ4v) is 3.56. The molecule has 1 aromatic heterocycles. The van der Waals surface area contributed by atoms with Crippen molar-refractivity contribution in [3.8, 4) is 6.07 Å². The van der Waals surface area contributed by atoms with E-state index in [0.717, 1.165) is 6.07 Å². The lowest BCUT2D eigenvalue weighted by Crippen LogP contribution is -2.34. The predicted octanol–water partition coefficient (Wildman–Crippen LogP) is 1.71. The summed E-state index contributed by atoms with van der Waals surface area (Å²) >= 11 is 2.86. The zero-order valence-electron chi connectivity index (χ0n) is 9.88. The summed E-state index contributed by atoms with van der Waals surface area (Å²) in [7, 11) is -3.94. The molecule has 0 amide bonds. The molecule has 1 rings (SSSR count). The van der Waals surface area contributed by atoms with Crippen LogP contribution < -0.4 is 4.72 Å². The Bertz CT molecular complexity index is 616. The third-order valence-corrected chi connectivity index (χ3v) is 4.69. The molecule has 2 N–H and O–H groups in total. The largest absolute Gasteiger partial charge is 0.475 e. The Morgan fingerprint density at radius 2 is 2.32 bits per heavy atom. The highest BCUT2D eigenvalue weighted by atomic mass is 79.9. The van der Waals surface area contributed by atoms with Gasteiger partial charge in [-0.1, -0.05) is 6.92 Å². The number of rotatable bonds is 6. The highest BCUT2D eigenvalue weighted by Crippen LogP contribution is 2.26. The molecule has 104 valence electrons. The van der Waals surface area contributed by atoms with Gasteiger partial charge in [0.15, 0.2) is 4.67 Å². The van der Waals surface area contributed by atoms with Crippen molar-refractivity contribution in [1.82, 2.24) is 4.72 Å². The van der Waals surface area contributed by atoms with E-state index in [1.807, 2.05) is 6.07 Å². The Balaban J connectivity index is 3.07. The molecule has 7 nitrogen and oxygen atoms in total. The maximum Gasteiger partial charge on any atom is 0.371 e. The highest BCUT2D eigenvalue weighted by molar-refractivity contribution is 9.10. The Morgan fingerprint density at radius 1 is 1.68 bits per heavy atom. The van der Waals surface area contributed by atoms with Gasteiger partial charge in [-0.25, -0.2) is 17.9 Å². The maximum absolute atomic E-state index is 12.0. The van der Waals surface area contributed by atoms with Crippen molar-refractivity contribution in [2.24, 2.45) is 0 Å². The summed E-state index contributed by atoms with van der Waals surface area (Å²) in [5, 5.41) is 17.3. The molecule has 0 aliphatic carbocycles. The van der Waals surface area contributed by atoms with E-state index in [1.165, 1.54) is 0 Å². The minimum atomic E-state index is -3.94. The second kappa shape index (κ2) is 6.18. The van der Waals surface area contributed by atoms with Gasteiger partial charge in [-0.3, -0.25) is 0 Å². The first kappa shape index (κ1) is 15.7. The van der Waals surface area contributed by atoms with Crippen molar-refractivity contribution < 1.29 is 22.7 Å². The molecule has 1 heterocycles. The topological polar surface area (TPSA) is 120 Å². The molecule has 1 unspecified atom stereocenters. The predicted molar refractivity (Wildman–Crippen MR) is 68.0 cm³/mol. The Morgan fingerprint density at radius 3 is 2.74 bits per heavy atom. The van der Waals surface area contributed by atoms with Crippen LogP contribution in [0.25, 0.3) is 0 Å². The molecule has 0 aromatic carbocycles. The molecule has 0 spiro atoms. The van der Waals surface area contributed by atoms with E-state index in [-0.39, 0.29) is 16.0 Å². The standard InChI is InChI=1S/C10H11BrN2O5S/c1-2-6(3-4-12)13-19(16,17)8-5-7(10(14)15)18-9(8)11/h5-6,13H,2-3H2,1H3,(H,14,15). The number of nitriles is 1. The number of hydrogen-bond acceptors (Lipinski definition) is 5. The van der Waals surface area contributed by atoms with Gasteiger partial charge < -0.3 is 9.52 Å². The monoisotopic (exact) mass is 350 g/mol. The van der Waals surface area contributed by atoms with Gasteiger partial charge in [0.25, 0.3) is 0 Å². The Labute approximate surface area is 118 Å². The van der Waals surface area contributed by atoms with E-state index in [2.05, 4.69) is 20.7 Å². The molecular formula is C10H11BrN2O5S. The molecule has 0 bridgehead atoms. The summed E-state index contributed by atoms with van der Waals surface area (Å²) in [6.45, 7) is 1.73. The van der Waals surface area contributed by atoms with Gasteiger partial charge in [0, 0.05) is 12.1 Å². The zero-order valence-corrected chi connectivity index (χ0v) is 12.3. The first-order valence-electron chi connectivity index (χ1n) is 5.23. The molecular weight excluding hydrogens is 340 g/mol. The average molecular weight is 351 g/mol. The van der Waals surface area contributed by atoms with Crippen molar-refractivity contribution in [1.29, 1.82) is 5.26 Å². The first-order valence-corrected chi connectivity index (χ1v) is 7.51. The molecule has 0 radical (unpaired) electrons. The summed E-state index contributed by atoms with van der Waals surface area (Å²) < 4.78 is 31.0. The molecule has 0 saturated carbocycles. The lowest BCUT2D eigenvalue weighted by atomic mass is 10.2. The van der Waals surface area contributed by atoms with E-state index in [9.17, 15) is 13.2 Å². The number of furan rings is 1. The minimum Gasteiger partial charge on any atom is -0.475 e. The average Bonchev–Trinajstić information content (AvgIpc) is 2.71. The van der Waals surface area contributed by atoms with Gasteiger partial charge in [-0.15, -0.1) is 0 Å². The quantitative estimate of drug-likeness (QED) is 0.805. The summed E-state index contributed by atoms with van der Waals surface area (Å²) in [5.74, 6) is -1.85. The van der Waals surface area contributed by atoms with Gasteiger partial charge in [0.1, 0.15) is 4.90 Å². The van der Waals surface area contributed by atoms with E-state index in [0.29, 0.717) is 6.42 Å². The van der Waals surface area contributed by atoms with E-state index in [4.69, 9.17) is 14.8 Å². The lowest BCUT2D eigenvalue weighted by molar-refractivity contribution is 0.0661. The van der Waals surface area contributed by atoms with Crippen LogP contribution in [0.4, 0.5) is 0 Å². The van der Waals surface area contributed by atoms with Crippen LogP contribution in [-0.4, -0.2) is 25.5 Å². The van der Waals surface area contributed by atoms with Crippen molar-refractivity contribution >= 4 is 31.9 Å². The van der Waals surface area contributed by atoms with Crippen LogP contribution in [0.5, 0.6) is 0 Å². The van der Waals surface area contributed by atoms with Gasteiger partial charge >= 0.3 is 5.97 Å². The second-order valence-electron chi connectivity index (χ2n) is 3.64. The van der Waals surface area contributed by atoms with Crippen LogP contribution in [0, 0.1) is 11.3 Å². The van der Waals surface area contributed by atoms with Crippen LogP contribution in [-0.2, 0) is 10.0 Å². The van der Waals surface area contributed by atoms with Gasteiger partial charge in [-0.2, -0.15) is 5.26 Å². The van der Waals surface area contributed by atoms with Crippen molar-refractivity contribution in [2.45, 2.75) is 30.7 Å². The maximum atomic E-state index is 12.0. The van der Waals surface area contributed by atoms with Gasteiger partial charge in [0.05, 0.1) is 12.5 Å². The number of sulfonamides is 1. The SMILES string of the molecule is CCC(CC#N)NS(=O)(=O)c1cc(C(=O)O)oc1Br. The van der Waals surface area contributed by atoms with Crippen LogP contribution in [0.2, 0.25) is 0 Å². The van der Waals surface area contributed by atoms with Gasteiger partial charge in [0.2, 0.25) is 15.8 Å². The summed E-state index contributed by atoms with van der Waals surface area (Å²) in [4.78, 5) is 10.4. The molecule has 1 aromatic rings. The number of nitrogens with zero attached hydrogens (tertiary/aromatic N) is 1. The third-order valence-electron chi connectivity index (χ3n) is 2.31. The lowest BCUT2D eigenvalue weighted by Gasteiger charge is -2.12. The van der Waals surface area contributed by atoms with Crippen molar-refractivity contribution in [3.63, 3.8) is 0 Å². The number of hydrogen-bond donors (Lipinski definition) is 2. The number of aromatic carboxylic acids is 1. The molecule has 0 saturated heterocycles. The number of carboxylic acid groups (broad SMARTS) is 1. The molecule has 19 heavy (non-hydrogen) atoms. The third kappa shape index (κ3) is 3.79. The number of carbonyl (C=O) groups is 1. The number of carboxylic acids is 1. The van der Waals surface area contributed by atoms with Crippen molar-refractivity contribution in [2.75, 3.05) is 0 Å². The summed E-state index contributed by atoms with van der Waals surface area (Å²) in [6, 6.07) is 2.25. The smallest absolute Gasteiger partial charge is 0.371 e. The normalized spacial score (nSPS) is 12.9. The number of halogens is 1. The van der Waals surface area contributed by atoms with Crippen LogP contribution in [0.15, 0.2) is 20.0 Å². The fraction of sp³-hybridized carbons (Fsp3) is 0.400. The van der Waals surface area contributed by atoms with Crippen LogP contribution >= 0.6 is 15.9 Å². The van der Waals surface area contributed by atoms with E-state index < -0.39 is 27.8 Å². The van der Waals surface area contributed by atoms with E-state index in [1.54, 1.807) is 6.92 Å². The Kier molecular flexibility index (Phi) is 5.11. The first-order chi connectivity index (χ1) is 8.81. The summed E-state index contributed by atoms with van der Waals surface area (Å²) in [6.07, 6.45) is 0.463. The minimum absolute atomic E-state index is 0.0248. The molecule has 0 fully saturated rings. The van der Waals surface area contributed by atoms with Crippen LogP contribution in [0.3, 0.4) is 0 Å². The zero-order chi connectivity index (χ0) is 14.6. The molecule has 9 heteroatoms. The fourth-order valence-electron chi connectivity index (χ4n) is 1.30. The summed E-state index contributed by atoms with van der Waals surface area (Å²) in [5.41, 5.74) is 0. The van der Waals surface area contributed by atoms with E-state index >= 15 is 0 Å². The Hall–Kier alpha value is -1.37. The second-order valence-corrected chi connectivity index (χ2v) is 6.05. The molecule has 0 aliphatic heterocycles. The van der Waals surface area contributed by atoms with Gasteiger partial charge in [-0.05, 0) is 22.4 Å².